The number of anilines is 1. The van der Waals surface area contributed by atoms with Crippen LogP contribution in [0, 0.1) is 6.92 Å². The van der Waals surface area contributed by atoms with E-state index in [4.69, 9.17) is 5.73 Å². The Balaban J connectivity index is 3.13. The summed E-state index contributed by atoms with van der Waals surface area (Å²) in [7, 11) is 0. The maximum Gasteiger partial charge on any atom is 0.438 e. The van der Waals surface area contributed by atoms with Gasteiger partial charge in [0.1, 0.15) is 0 Å². The van der Waals surface area contributed by atoms with Crippen molar-refractivity contribution in [2.75, 3.05) is 5.73 Å². The van der Waals surface area contributed by atoms with Gasteiger partial charge in [-0.15, -0.1) is 0 Å². The molecule has 0 bridgehead atoms. The van der Waals surface area contributed by atoms with E-state index in [2.05, 4.69) is 9.40 Å². The molecule has 0 saturated heterocycles. The van der Waals surface area contributed by atoms with Crippen molar-refractivity contribution in [2.24, 2.45) is 0 Å². The van der Waals surface area contributed by atoms with E-state index in [1.54, 1.807) is 0 Å². The van der Waals surface area contributed by atoms with Crippen LogP contribution in [0.3, 0.4) is 0 Å². The topological polar surface area (TPSA) is 52.0 Å². The lowest BCUT2D eigenvalue weighted by molar-refractivity contribution is -0.140. The predicted molar refractivity (Wildman–Crippen MR) is 30.7 cm³/mol. The number of hydrogen-bond donors (Lipinski definition) is 1. The molecule has 1 rings (SSSR count). The van der Waals surface area contributed by atoms with E-state index in [1.165, 1.54) is 6.92 Å². The first-order valence-electron chi connectivity index (χ1n) is 2.71. The van der Waals surface area contributed by atoms with Gasteiger partial charge in [-0.1, -0.05) is 0 Å². The van der Waals surface area contributed by atoms with E-state index in [0.717, 1.165) is 0 Å². The Hall–Kier alpha value is -1.20. The van der Waals surface area contributed by atoms with Gasteiger partial charge >= 0.3 is 6.18 Å². The van der Waals surface area contributed by atoms with Gasteiger partial charge in [-0.3, -0.25) is 0 Å². The van der Waals surface area contributed by atoms with Crippen molar-refractivity contribution >= 4 is 5.88 Å². The minimum Gasteiger partial charge on any atom is -0.425 e. The zero-order chi connectivity index (χ0) is 8.65. The van der Waals surface area contributed by atoms with E-state index in [-0.39, 0.29) is 5.89 Å². The molecule has 3 nitrogen and oxygen atoms in total. The highest BCUT2D eigenvalue weighted by Crippen LogP contribution is 2.32. The first-order chi connectivity index (χ1) is 4.91. The van der Waals surface area contributed by atoms with Gasteiger partial charge in [0.25, 0.3) is 0 Å². The minimum atomic E-state index is -4.53. The van der Waals surface area contributed by atoms with Crippen molar-refractivity contribution in [1.29, 1.82) is 0 Å². The van der Waals surface area contributed by atoms with Gasteiger partial charge in [0.15, 0.2) is 5.89 Å². The number of aromatic nitrogens is 1. The van der Waals surface area contributed by atoms with Crippen molar-refractivity contribution in [3.63, 3.8) is 0 Å². The van der Waals surface area contributed by atoms with E-state index >= 15 is 0 Å². The van der Waals surface area contributed by atoms with Crippen LogP contribution < -0.4 is 5.73 Å². The molecule has 2 N–H and O–H groups in total. The summed E-state index contributed by atoms with van der Waals surface area (Å²) >= 11 is 0. The fraction of sp³-hybridized carbons (Fsp3) is 0.400. The Bertz CT molecular complexity index is 265. The second kappa shape index (κ2) is 2.14. The standard InChI is InChI=1S/C5H5F3N2O/c1-2-10-3(4(9)11-2)5(6,7)8/h9H2,1H3. The van der Waals surface area contributed by atoms with Crippen molar-refractivity contribution in [1.82, 2.24) is 4.98 Å². The normalized spacial score (nSPS) is 12.0. The Labute approximate surface area is 60.0 Å². The zero-order valence-corrected chi connectivity index (χ0v) is 5.57. The molecule has 6 heteroatoms. The molecule has 0 aliphatic carbocycles. The van der Waals surface area contributed by atoms with Crippen LogP contribution in [0.15, 0.2) is 4.42 Å². The fourth-order valence-corrected chi connectivity index (χ4v) is 0.646. The molecule has 0 atom stereocenters. The average molecular weight is 166 g/mol. The molecule has 0 saturated carbocycles. The molecule has 0 aromatic carbocycles. The number of nitrogen functional groups attached to an aromatic ring is 1. The number of aryl methyl sites for hydroxylation is 1. The average Bonchev–Trinajstić information content (AvgIpc) is 2.08. The smallest absolute Gasteiger partial charge is 0.425 e. The Kier molecular flexibility index (Phi) is 1.54. The lowest BCUT2D eigenvalue weighted by Gasteiger charge is -1.99. The monoisotopic (exact) mass is 166 g/mol. The number of nitrogens with two attached hydrogens (primary N) is 1. The predicted octanol–water partition coefficient (Wildman–Crippen LogP) is 1.58. The summed E-state index contributed by atoms with van der Waals surface area (Å²) in [6.45, 7) is 1.30. The van der Waals surface area contributed by atoms with Crippen LogP contribution in [0.25, 0.3) is 0 Å². The zero-order valence-electron chi connectivity index (χ0n) is 5.57. The summed E-state index contributed by atoms with van der Waals surface area (Å²) < 4.78 is 40.0. The number of oxazole rings is 1. The molecule has 11 heavy (non-hydrogen) atoms. The summed E-state index contributed by atoms with van der Waals surface area (Å²) in [5, 5.41) is 0. The van der Waals surface area contributed by atoms with Gasteiger partial charge in [-0.25, -0.2) is 4.98 Å². The van der Waals surface area contributed by atoms with Crippen molar-refractivity contribution in [2.45, 2.75) is 13.1 Å². The molecular weight excluding hydrogens is 161 g/mol. The van der Waals surface area contributed by atoms with E-state index < -0.39 is 17.8 Å². The van der Waals surface area contributed by atoms with Gasteiger partial charge in [0.05, 0.1) is 0 Å². The summed E-state index contributed by atoms with van der Waals surface area (Å²) in [6, 6.07) is 0. The molecule has 0 fully saturated rings. The largest absolute Gasteiger partial charge is 0.438 e. The van der Waals surface area contributed by atoms with Gasteiger partial charge in [0.2, 0.25) is 11.6 Å². The lowest BCUT2D eigenvalue weighted by atomic mass is 10.4. The molecule has 0 spiro atoms. The highest BCUT2D eigenvalue weighted by molar-refractivity contribution is 5.33. The number of rotatable bonds is 0. The summed E-state index contributed by atoms with van der Waals surface area (Å²) in [6.07, 6.45) is -4.53. The number of nitrogens with zero attached hydrogens (tertiary/aromatic N) is 1. The molecule has 62 valence electrons. The molecule has 0 radical (unpaired) electrons. The van der Waals surface area contributed by atoms with Gasteiger partial charge < -0.3 is 10.2 Å². The number of alkyl halides is 3. The second-order valence-electron chi connectivity index (χ2n) is 1.94. The summed E-state index contributed by atoms with van der Waals surface area (Å²) in [5.74, 6) is -0.773. The van der Waals surface area contributed by atoms with Crippen LogP contribution in [0.4, 0.5) is 19.1 Å². The number of halogens is 3. The third-order valence-corrected chi connectivity index (χ3v) is 1.03. The van der Waals surface area contributed by atoms with Crippen LogP contribution in [0.1, 0.15) is 11.6 Å². The first kappa shape index (κ1) is 7.90. The number of hydrogen-bond acceptors (Lipinski definition) is 3. The Morgan fingerprint density at radius 2 is 2.00 bits per heavy atom. The van der Waals surface area contributed by atoms with E-state index in [0.29, 0.717) is 0 Å². The molecular formula is C5H5F3N2O. The van der Waals surface area contributed by atoms with Crippen molar-refractivity contribution in [3.05, 3.63) is 11.6 Å². The highest BCUT2D eigenvalue weighted by atomic mass is 19.4. The lowest BCUT2D eigenvalue weighted by Crippen LogP contribution is -2.08. The van der Waals surface area contributed by atoms with Crippen LogP contribution in [0.5, 0.6) is 0 Å². The van der Waals surface area contributed by atoms with E-state index in [9.17, 15) is 13.2 Å². The van der Waals surface area contributed by atoms with Gasteiger partial charge in [-0.05, 0) is 0 Å². The molecule has 1 heterocycles. The minimum absolute atomic E-state index is 0.0881. The highest BCUT2D eigenvalue weighted by Gasteiger charge is 2.37. The summed E-state index contributed by atoms with van der Waals surface area (Å²) in [4.78, 5) is 3.06. The fourth-order valence-electron chi connectivity index (χ4n) is 0.646. The van der Waals surface area contributed by atoms with Crippen LogP contribution in [0.2, 0.25) is 0 Å². The third kappa shape index (κ3) is 1.44. The quantitative estimate of drug-likeness (QED) is 0.636. The summed E-state index contributed by atoms with van der Waals surface area (Å²) in [5.41, 5.74) is 3.72. The Morgan fingerprint density at radius 1 is 1.45 bits per heavy atom. The molecule has 0 aliphatic rings. The van der Waals surface area contributed by atoms with Gasteiger partial charge in [-0.2, -0.15) is 13.2 Å². The van der Waals surface area contributed by atoms with Crippen molar-refractivity contribution < 1.29 is 17.6 Å². The second-order valence-corrected chi connectivity index (χ2v) is 1.94. The van der Waals surface area contributed by atoms with Crippen LogP contribution in [-0.2, 0) is 6.18 Å². The maximum atomic E-state index is 11.9. The first-order valence-corrected chi connectivity index (χ1v) is 2.71. The van der Waals surface area contributed by atoms with Crippen LogP contribution >= 0.6 is 0 Å². The molecule has 0 amide bonds. The molecule has 0 aliphatic heterocycles. The third-order valence-electron chi connectivity index (χ3n) is 1.03. The molecule has 0 unspecified atom stereocenters. The van der Waals surface area contributed by atoms with Crippen molar-refractivity contribution in [3.8, 4) is 0 Å². The maximum absolute atomic E-state index is 11.9. The molecule has 1 aromatic heterocycles. The molecule has 1 aromatic rings. The van der Waals surface area contributed by atoms with Gasteiger partial charge in [0, 0.05) is 6.92 Å². The van der Waals surface area contributed by atoms with E-state index in [1.807, 2.05) is 0 Å². The SMILES string of the molecule is Cc1nc(C(F)(F)F)c(N)o1. The Morgan fingerprint density at radius 3 is 2.18 bits per heavy atom. The van der Waals surface area contributed by atoms with Crippen LogP contribution in [-0.4, -0.2) is 4.98 Å².